The van der Waals surface area contributed by atoms with Crippen LogP contribution in [0, 0.1) is 20.8 Å². The van der Waals surface area contributed by atoms with Crippen LogP contribution in [0.25, 0.3) is 0 Å². The number of anilines is 1. The van der Waals surface area contributed by atoms with Gasteiger partial charge in [-0.15, -0.1) is 0 Å². The number of nitrogens with two attached hydrogens (primary N) is 1. The lowest BCUT2D eigenvalue weighted by atomic mass is 10.1. The van der Waals surface area contributed by atoms with Gasteiger partial charge in [-0.3, -0.25) is 9.59 Å². The smallest absolute Gasteiger partial charge is 0.261 e. The molecule has 6 nitrogen and oxygen atoms in total. The fourth-order valence-electron chi connectivity index (χ4n) is 1.90. The van der Waals surface area contributed by atoms with Crippen molar-refractivity contribution in [2.24, 2.45) is 5.73 Å². The average molecular weight is 273 g/mol. The number of nitrogens with zero attached hydrogens (tertiary/aromatic N) is 1. The van der Waals surface area contributed by atoms with Gasteiger partial charge in [-0.2, -0.15) is 0 Å². The molecule has 0 unspecified atom stereocenters. The second kappa shape index (κ2) is 5.16. The standard InChI is InChI=1S/C14H15N3O3/c1-7-4-5-10(13(15)18)6-11(7)16-14(19)12-8(2)17-20-9(12)3/h4-6H,1-3H3,(H2,15,18)(H,16,19). The Bertz CT molecular complexity index is 669. The molecule has 0 aliphatic heterocycles. The van der Waals surface area contributed by atoms with Crippen LogP contribution >= 0.6 is 0 Å². The number of carbonyl (C=O) groups excluding carboxylic acids is 2. The molecule has 104 valence electrons. The maximum atomic E-state index is 12.2. The number of carbonyl (C=O) groups is 2. The van der Waals surface area contributed by atoms with E-state index in [4.69, 9.17) is 10.3 Å². The minimum absolute atomic E-state index is 0.328. The van der Waals surface area contributed by atoms with Crippen molar-refractivity contribution in [3.63, 3.8) is 0 Å². The molecule has 0 fully saturated rings. The monoisotopic (exact) mass is 273 g/mol. The third kappa shape index (κ3) is 2.54. The van der Waals surface area contributed by atoms with Gasteiger partial charge in [0.15, 0.2) is 0 Å². The molecule has 2 rings (SSSR count). The molecule has 0 saturated heterocycles. The molecule has 3 N–H and O–H groups in total. The number of hydrogen-bond donors (Lipinski definition) is 2. The van der Waals surface area contributed by atoms with Crippen molar-refractivity contribution in [3.05, 3.63) is 46.3 Å². The summed E-state index contributed by atoms with van der Waals surface area (Å²) in [6.45, 7) is 5.19. The summed E-state index contributed by atoms with van der Waals surface area (Å²) in [6, 6.07) is 4.89. The van der Waals surface area contributed by atoms with Crippen molar-refractivity contribution >= 4 is 17.5 Å². The van der Waals surface area contributed by atoms with Crippen LogP contribution in [0.2, 0.25) is 0 Å². The van der Waals surface area contributed by atoms with Gasteiger partial charge in [0.05, 0.1) is 5.69 Å². The Labute approximate surface area is 115 Å². The third-order valence-corrected chi connectivity index (χ3v) is 3.03. The lowest BCUT2D eigenvalue weighted by Crippen LogP contribution is -2.16. The van der Waals surface area contributed by atoms with Crippen LogP contribution in [0.5, 0.6) is 0 Å². The Morgan fingerprint density at radius 3 is 2.50 bits per heavy atom. The number of rotatable bonds is 3. The van der Waals surface area contributed by atoms with E-state index < -0.39 is 5.91 Å². The van der Waals surface area contributed by atoms with Crippen molar-refractivity contribution in [1.29, 1.82) is 0 Å². The van der Waals surface area contributed by atoms with E-state index in [0.29, 0.717) is 28.3 Å². The predicted octanol–water partition coefficient (Wildman–Crippen LogP) is 1.95. The summed E-state index contributed by atoms with van der Waals surface area (Å²) in [4.78, 5) is 23.4. The lowest BCUT2D eigenvalue weighted by Gasteiger charge is -2.09. The Morgan fingerprint density at radius 2 is 1.95 bits per heavy atom. The quantitative estimate of drug-likeness (QED) is 0.892. The zero-order chi connectivity index (χ0) is 14.9. The van der Waals surface area contributed by atoms with Crippen LogP contribution in [-0.4, -0.2) is 17.0 Å². The molecule has 20 heavy (non-hydrogen) atoms. The Morgan fingerprint density at radius 1 is 1.25 bits per heavy atom. The Balaban J connectivity index is 2.33. The zero-order valence-electron chi connectivity index (χ0n) is 11.5. The molecule has 1 heterocycles. The van der Waals surface area contributed by atoms with E-state index in [2.05, 4.69) is 10.5 Å². The first-order chi connectivity index (χ1) is 9.40. The first-order valence-electron chi connectivity index (χ1n) is 6.05. The molecule has 1 aromatic heterocycles. The third-order valence-electron chi connectivity index (χ3n) is 3.03. The molecule has 6 heteroatoms. The highest BCUT2D eigenvalue weighted by Gasteiger charge is 2.18. The molecule has 0 aliphatic rings. The summed E-state index contributed by atoms with van der Waals surface area (Å²) in [5.74, 6) is -0.424. The van der Waals surface area contributed by atoms with E-state index in [9.17, 15) is 9.59 Å². The van der Waals surface area contributed by atoms with Crippen LogP contribution in [0.15, 0.2) is 22.7 Å². The zero-order valence-corrected chi connectivity index (χ0v) is 11.5. The number of amides is 2. The van der Waals surface area contributed by atoms with E-state index in [1.807, 2.05) is 6.92 Å². The van der Waals surface area contributed by atoms with Crippen LogP contribution < -0.4 is 11.1 Å². The van der Waals surface area contributed by atoms with Crippen LogP contribution in [0.4, 0.5) is 5.69 Å². The molecular weight excluding hydrogens is 258 g/mol. The summed E-state index contributed by atoms with van der Waals surface area (Å²) in [5, 5.41) is 6.48. The highest BCUT2D eigenvalue weighted by atomic mass is 16.5. The summed E-state index contributed by atoms with van der Waals surface area (Å²) < 4.78 is 4.96. The normalized spacial score (nSPS) is 10.3. The van der Waals surface area contributed by atoms with Crippen LogP contribution in [0.1, 0.15) is 37.7 Å². The highest BCUT2D eigenvalue weighted by molar-refractivity contribution is 6.06. The van der Waals surface area contributed by atoms with Gasteiger partial charge in [0.2, 0.25) is 5.91 Å². The Kier molecular flexibility index (Phi) is 3.56. The van der Waals surface area contributed by atoms with Gasteiger partial charge < -0.3 is 15.6 Å². The molecule has 0 saturated carbocycles. The van der Waals surface area contributed by atoms with Crippen LogP contribution in [0.3, 0.4) is 0 Å². The molecule has 0 radical (unpaired) electrons. The van der Waals surface area contributed by atoms with E-state index >= 15 is 0 Å². The lowest BCUT2D eigenvalue weighted by molar-refractivity contribution is 0.0995. The van der Waals surface area contributed by atoms with Crippen LogP contribution in [-0.2, 0) is 0 Å². The number of benzene rings is 1. The minimum Gasteiger partial charge on any atom is -0.366 e. The van der Waals surface area contributed by atoms with E-state index in [1.165, 1.54) is 0 Å². The fourth-order valence-corrected chi connectivity index (χ4v) is 1.90. The predicted molar refractivity (Wildman–Crippen MR) is 73.6 cm³/mol. The van der Waals surface area contributed by atoms with E-state index in [0.717, 1.165) is 5.56 Å². The van der Waals surface area contributed by atoms with Gasteiger partial charge >= 0.3 is 0 Å². The highest BCUT2D eigenvalue weighted by Crippen LogP contribution is 2.20. The summed E-state index contributed by atoms with van der Waals surface area (Å²) in [6.07, 6.45) is 0. The van der Waals surface area contributed by atoms with E-state index in [1.54, 1.807) is 32.0 Å². The SMILES string of the molecule is Cc1ccc(C(N)=O)cc1NC(=O)c1c(C)noc1C. The van der Waals surface area contributed by atoms with Gasteiger partial charge in [-0.1, -0.05) is 11.2 Å². The molecule has 0 aliphatic carbocycles. The average Bonchev–Trinajstić information content (AvgIpc) is 2.71. The van der Waals surface area contributed by atoms with Crippen molar-refractivity contribution < 1.29 is 14.1 Å². The summed E-state index contributed by atoms with van der Waals surface area (Å²) in [7, 11) is 0. The Hall–Kier alpha value is -2.63. The second-order valence-corrected chi connectivity index (χ2v) is 4.55. The van der Waals surface area contributed by atoms with Gasteiger partial charge in [-0.05, 0) is 38.5 Å². The number of aryl methyl sites for hydroxylation is 3. The number of nitrogens with one attached hydrogen (secondary N) is 1. The first kappa shape index (κ1) is 13.8. The van der Waals surface area contributed by atoms with Gasteiger partial charge in [0, 0.05) is 11.3 Å². The summed E-state index contributed by atoms with van der Waals surface area (Å²) >= 11 is 0. The van der Waals surface area contributed by atoms with Crippen molar-refractivity contribution in [2.75, 3.05) is 5.32 Å². The largest absolute Gasteiger partial charge is 0.366 e. The second-order valence-electron chi connectivity index (χ2n) is 4.55. The van der Waals surface area contributed by atoms with Crippen molar-refractivity contribution in [2.45, 2.75) is 20.8 Å². The maximum Gasteiger partial charge on any atom is 0.261 e. The molecule has 2 amide bonds. The molecule has 0 bridgehead atoms. The minimum atomic E-state index is -0.544. The molecule has 0 spiro atoms. The number of primary amides is 1. The van der Waals surface area contributed by atoms with Crippen molar-refractivity contribution in [1.82, 2.24) is 5.16 Å². The van der Waals surface area contributed by atoms with Gasteiger partial charge in [0.1, 0.15) is 11.3 Å². The van der Waals surface area contributed by atoms with Gasteiger partial charge in [-0.25, -0.2) is 0 Å². The van der Waals surface area contributed by atoms with Gasteiger partial charge in [0.25, 0.3) is 5.91 Å². The first-order valence-corrected chi connectivity index (χ1v) is 6.05. The van der Waals surface area contributed by atoms with Crippen molar-refractivity contribution in [3.8, 4) is 0 Å². The molecular formula is C14H15N3O3. The van der Waals surface area contributed by atoms with E-state index in [-0.39, 0.29) is 5.91 Å². The maximum absolute atomic E-state index is 12.2. The topological polar surface area (TPSA) is 98.2 Å². The fraction of sp³-hybridized carbons (Fsp3) is 0.214. The molecule has 1 aromatic carbocycles. The number of aromatic nitrogens is 1. The molecule has 0 atom stereocenters. The molecule has 2 aromatic rings. The summed E-state index contributed by atoms with van der Waals surface area (Å²) in [5.41, 5.74) is 7.84. The number of hydrogen-bond acceptors (Lipinski definition) is 4.